The molecular weight excluding hydrogens is 488 g/mol. The molecule has 5 rings (SSSR count). The van der Waals surface area contributed by atoms with E-state index in [1.807, 2.05) is 98.8 Å². The number of para-hydroxylation sites is 2. The van der Waals surface area contributed by atoms with Gasteiger partial charge in [-0.05, 0) is 61.2 Å². The third kappa shape index (κ3) is 5.09. The second-order valence-electron chi connectivity index (χ2n) is 9.76. The van der Waals surface area contributed by atoms with Crippen LogP contribution in [-0.4, -0.2) is 29.8 Å². The van der Waals surface area contributed by atoms with Crippen molar-refractivity contribution in [2.75, 3.05) is 16.6 Å². The molecule has 2 atom stereocenters. The average Bonchev–Trinajstić information content (AvgIpc) is 3.50. The minimum absolute atomic E-state index is 0.129. The predicted molar refractivity (Wildman–Crippen MR) is 155 cm³/mol. The first-order valence-electron chi connectivity index (χ1n) is 13.7. The van der Waals surface area contributed by atoms with Crippen LogP contribution in [0.2, 0.25) is 0 Å². The lowest BCUT2D eigenvalue weighted by atomic mass is 9.71. The van der Waals surface area contributed by atoms with E-state index in [1.165, 1.54) is 10.0 Å². The third-order valence-corrected chi connectivity index (χ3v) is 7.31. The second-order valence-corrected chi connectivity index (χ2v) is 9.76. The van der Waals surface area contributed by atoms with Crippen molar-refractivity contribution in [1.29, 1.82) is 0 Å². The van der Waals surface area contributed by atoms with E-state index in [1.54, 1.807) is 0 Å². The summed E-state index contributed by atoms with van der Waals surface area (Å²) in [5.74, 6) is -1.16. The molecule has 0 radical (unpaired) electrons. The van der Waals surface area contributed by atoms with Crippen molar-refractivity contribution in [1.82, 2.24) is 0 Å². The molecule has 3 aromatic rings. The molecular formula is C32H34N4O3. The zero-order valence-electron chi connectivity index (χ0n) is 22.7. The summed E-state index contributed by atoms with van der Waals surface area (Å²) in [7, 11) is 0. The van der Waals surface area contributed by atoms with Crippen molar-refractivity contribution in [3.8, 4) is 5.75 Å². The lowest BCUT2D eigenvalue weighted by molar-refractivity contribution is -0.122. The van der Waals surface area contributed by atoms with Gasteiger partial charge in [0, 0.05) is 5.92 Å². The topological polar surface area (TPSA) is 74.6 Å². The summed E-state index contributed by atoms with van der Waals surface area (Å²) in [6.45, 7) is 6.71. The van der Waals surface area contributed by atoms with Crippen LogP contribution in [0.15, 0.2) is 95.1 Å². The normalized spacial score (nSPS) is 19.8. The third-order valence-electron chi connectivity index (χ3n) is 7.31. The van der Waals surface area contributed by atoms with Crippen LogP contribution in [0.3, 0.4) is 0 Å². The van der Waals surface area contributed by atoms with Gasteiger partial charge in [-0.15, -0.1) is 0 Å². The van der Waals surface area contributed by atoms with E-state index in [0.717, 1.165) is 29.2 Å². The Labute approximate surface area is 229 Å². The summed E-state index contributed by atoms with van der Waals surface area (Å²) in [4.78, 5) is 28.3. The number of anilines is 2. The molecule has 7 heteroatoms. The Bertz CT molecular complexity index is 1290. The molecule has 2 amide bonds. The Balaban J connectivity index is 1.59. The molecule has 0 saturated carbocycles. The molecule has 0 N–H and O–H groups in total. The van der Waals surface area contributed by atoms with E-state index >= 15 is 0 Å². The maximum Gasteiger partial charge on any atom is 0.256 e. The number of rotatable bonds is 10. The summed E-state index contributed by atoms with van der Waals surface area (Å²) in [6.07, 6.45) is 2.10. The molecule has 39 heavy (non-hydrogen) atoms. The monoisotopic (exact) mass is 522 g/mol. The van der Waals surface area contributed by atoms with Crippen LogP contribution in [0.25, 0.3) is 0 Å². The van der Waals surface area contributed by atoms with Crippen molar-refractivity contribution in [3.05, 3.63) is 90.5 Å². The fraction of sp³-hybridized carbons (Fsp3) is 0.312. The van der Waals surface area contributed by atoms with Crippen molar-refractivity contribution in [3.63, 3.8) is 0 Å². The highest BCUT2D eigenvalue weighted by molar-refractivity contribution is 6.20. The number of nitrogens with zero attached hydrogens (tertiary/aromatic N) is 4. The summed E-state index contributed by atoms with van der Waals surface area (Å²) in [5, 5.41) is 12.5. The maximum absolute atomic E-state index is 14.1. The second kappa shape index (κ2) is 11.6. The van der Waals surface area contributed by atoms with Crippen LogP contribution in [-0.2, 0) is 9.59 Å². The van der Waals surface area contributed by atoms with Gasteiger partial charge in [-0.2, -0.15) is 10.2 Å². The van der Waals surface area contributed by atoms with Gasteiger partial charge < -0.3 is 4.74 Å². The van der Waals surface area contributed by atoms with Gasteiger partial charge in [0.15, 0.2) is 0 Å². The first-order valence-corrected chi connectivity index (χ1v) is 13.7. The number of amides is 2. The van der Waals surface area contributed by atoms with Crippen LogP contribution in [0, 0.1) is 11.8 Å². The lowest BCUT2D eigenvalue weighted by Crippen LogP contribution is -2.40. The van der Waals surface area contributed by atoms with E-state index in [0.29, 0.717) is 30.8 Å². The number of hydrazone groups is 2. The number of carbonyl (C=O) groups excluding carboxylic acids is 2. The predicted octanol–water partition coefficient (Wildman–Crippen LogP) is 6.42. The fourth-order valence-corrected chi connectivity index (χ4v) is 5.42. The van der Waals surface area contributed by atoms with Crippen molar-refractivity contribution >= 4 is 34.6 Å². The van der Waals surface area contributed by atoms with Crippen molar-refractivity contribution < 1.29 is 14.3 Å². The van der Waals surface area contributed by atoms with Gasteiger partial charge in [-0.1, -0.05) is 69.3 Å². The Morgan fingerprint density at radius 1 is 0.692 bits per heavy atom. The van der Waals surface area contributed by atoms with Gasteiger partial charge in [0.05, 0.1) is 41.2 Å². The maximum atomic E-state index is 14.1. The highest BCUT2D eigenvalue weighted by Gasteiger charge is 2.51. The van der Waals surface area contributed by atoms with Crippen molar-refractivity contribution in [2.24, 2.45) is 22.0 Å². The molecule has 0 aliphatic carbocycles. The van der Waals surface area contributed by atoms with Gasteiger partial charge in [0.2, 0.25) is 0 Å². The molecule has 0 aromatic heterocycles. The van der Waals surface area contributed by atoms with E-state index in [-0.39, 0.29) is 11.8 Å². The molecule has 3 aromatic carbocycles. The Morgan fingerprint density at radius 3 is 1.56 bits per heavy atom. The summed E-state index contributed by atoms with van der Waals surface area (Å²) >= 11 is 0. The molecule has 2 aliphatic rings. The molecule has 2 heterocycles. The van der Waals surface area contributed by atoms with Gasteiger partial charge >= 0.3 is 0 Å². The minimum atomic E-state index is -0.598. The van der Waals surface area contributed by atoms with Crippen LogP contribution in [0.5, 0.6) is 5.75 Å². The largest absolute Gasteiger partial charge is 0.494 e. The highest BCUT2D eigenvalue weighted by atomic mass is 16.5. The van der Waals surface area contributed by atoms with Crippen molar-refractivity contribution in [2.45, 2.75) is 46.0 Å². The van der Waals surface area contributed by atoms with E-state index in [2.05, 4.69) is 6.92 Å². The zero-order valence-corrected chi connectivity index (χ0v) is 22.7. The van der Waals surface area contributed by atoms with Gasteiger partial charge in [-0.3, -0.25) is 9.59 Å². The van der Waals surface area contributed by atoms with E-state index < -0.39 is 17.8 Å². The fourth-order valence-electron chi connectivity index (χ4n) is 5.42. The summed E-state index contributed by atoms with van der Waals surface area (Å²) in [6, 6.07) is 26.7. The van der Waals surface area contributed by atoms with Crippen LogP contribution in [0.4, 0.5) is 11.4 Å². The van der Waals surface area contributed by atoms with Gasteiger partial charge in [0.25, 0.3) is 11.8 Å². The number of hydrogen-bond donors (Lipinski definition) is 0. The Morgan fingerprint density at radius 2 is 1.15 bits per heavy atom. The van der Waals surface area contributed by atoms with E-state index in [9.17, 15) is 9.59 Å². The van der Waals surface area contributed by atoms with E-state index in [4.69, 9.17) is 14.9 Å². The first kappa shape index (κ1) is 26.4. The van der Waals surface area contributed by atoms with Crippen LogP contribution in [0.1, 0.15) is 51.5 Å². The molecule has 2 unspecified atom stereocenters. The highest BCUT2D eigenvalue weighted by Crippen LogP contribution is 2.44. The number of carbonyl (C=O) groups is 2. The molecule has 0 saturated heterocycles. The molecule has 0 spiro atoms. The molecule has 200 valence electrons. The lowest BCUT2D eigenvalue weighted by Gasteiger charge is -2.29. The summed E-state index contributed by atoms with van der Waals surface area (Å²) in [5.41, 5.74) is 3.85. The SMILES string of the molecule is CCCOc1ccc(C(C2C(=O)N(c3ccccc3)N=C2CC)C2C(=O)N(c3ccccc3)N=C2CC)cc1. The Hall–Kier alpha value is -4.26. The molecule has 0 fully saturated rings. The van der Waals surface area contributed by atoms with Crippen LogP contribution >= 0.6 is 0 Å². The molecule has 2 aliphatic heterocycles. The van der Waals surface area contributed by atoms with Gasteiger partial charge in [-0.25, -0.2) is 10.0 Å². The average molecular weight is 523 g/mol. The molecule has 7 nitrogen and oxygen atoms in total. The first-order chi connectivity index (χ1) is 19.1. The van der Waals surface area contributed by atoms with Crippen LogP contribution < -0.4 is 14.8 Å². The Kier molecular flexibility index (Phi) is 7.87. The minimum Gasteiger partial charge on any atom is -0.494 e. The quantitative estimate of drug-likeness (QED) is 0.308. The summed E-state index contributed by atoms with van der Waals surface area (Å²) < 4.78 is 5.82. The number of hydrogen-bond acceptors (Lipinski definition) is 5. The standard InChI is InChI=1S/C32H34N4O3/c1-4-21-39-25-19-17-22(18-20-25)28(29-26(5-2)33-35(31(29)37)23-13-9-7-10-14-23)30-27(6-3)34-36(32(30)38)24-15-11-8-12-16-24/h7-20,28-30H,4-6,21H2,1-3H3. The molecule has 0 bridgehead atoms. The number of benzene rings is 3. The number of ether oxygens (including phenoxy) is 1. The zero-order chi connectivity index (χ0) is 27.4. The smallest absolute Gasteiger partial charge is 0.256 e. The van der Waals surface area contributed by atoms with Gasteiger partial charge in [0.1, 0.15) is 5.75 Å².